The van der Waals surface area contributed by atoms with E-state index in [-0.39, 0.29) is 6.04 Å². The number of rotatable bonds is 5. The zero-order valence-electron chi connectivity index (χ0n) is 10.5. The maximum Gasteiger partial charge on any atom is 0.110 e. The molecule has 0 amide bonds. The van der Waals surface area contributed by atoms with Gasteiger partial charge >= 0.3 is 0 Å². The number of imidazole rings is 1. The van der Waals surface area contributed by atoms with Gasteiger partial charge in [0.15, 0.2) is 0 Å². The molecule has 0 aromatic carbocycles. The Labute approximate surface area is 102 Å². The minimum absolute atomic E-state index is 0.205. The van der Waals surface area contributed by atoms with Gasteiger partial charge in [-0.2, -0.15) is 0 Å². The van der Waals surface area contributed by atoms with Crippen LogP contribution in [0.4, 0.5) is 0 Å². The molecule has 4 nitrogen and oxygen atoms in total. The molecule has 0 radical (unpaired) electrons. The Kier molecular flexibility index (Phi) is 3.64. The predicted octanol–water partition coefficient (Wildman–Crippen LogP) is 1.35. The standard InChI is InChI=1S/C13H20N4/c1-11(14)10-12-4-3-7-17(12)8-5-13-15-6-9-16(13)2/h3-4,6-7,9,11H,5,8,10,14H2,1-2H3. The highest BCUT2D eigenvalue weighted by molar-refractivity contribution is 5.09. The fourth-order valence-electron chi connectivity index (χ4n) is 2.04. The number of hydrogen-bond donors (Lipinski definition) is 1. The van der Waals surface area contributed by atoms with Crippen molar-refractivity contribution in [2.75, 3.05) is 0 Å². The van der Waals surface area contributed by atoms with E-state index in [4.69, 9.17) is 5.73 Å². The van der Waals surface area contributed by atoms with Crippen LogP contribution in [0, 0.1) is 0 Å². The molecular formula is C13H20N4. The lowest BCUT2D eigenvalue weighted by Gasteiger charge is -2.11. The Morgan fingerprint density at radius 2 is 2.24 bits per heavy atom. The third-order valence-corrected chi connectivity index (χ3v) is 2.95. The maximum absolute atomic E-state index is 5.84. The lowest BCUT2D eigenvalue weighted by atomic mass is 10.2. The molecule has 0 aliphatic carbocycles. The minimum atomic E-state index is 0.205. The van der Waals surface area contributed by atoms with Crippen LogP contribution in [0.3, 0.4) is 0 Å². The summed E-state index contributed by atoms with van der Waals surface area (Å²) in [5.41, 5.74) is 7.14. The molecule has 0 saturated carbocycles. The zero-order chi connectivity index (χ0) is 12.3. The van der Waals surface area contributed by atoms with Crippen LogP contribution in [0.15, 0.2) is 30.7 Å². The van der Waals surface area contributed by atoms with Crippen molar-refractivity contribution < 1.29 is 0 Å². The van der Waals surface area contributed by atoms with E-state index in [0.717, 1.165) is 25.2 Å². The second kappa shape index (κ2) is 5.19. The van der Waals surface area contributed by atoms with Gasteiger partial charge in [0.1, 0.15) is 5.82 Å². The van der Waals surface area contributed by atoms with Gasteiger partial charge in [0.05, 0.1) is 0 Å². The van der Waals surface area contributed by atoms with Crippen molar-refractivity contribution >= 4 is 0 Å². The van der Waals surface area contributed by atoms with Crippen LogP contribution in [0.25, 0.3) is 0 Å². The Morgan fingerprint density at radius 1 is 1.41 bits per heavy atom. The first-order chi connectivity index (χ1) is 8.16. The highest BCUT2D eigenvalue weighted by atomic mass is 15.0. The molecule has 2 aromatic heterocycles. The summed E-state index contributed by atoms with van der Waals surface area (Å²) < 4.78 is 4.33. The van der Waals surface area contributed by atoms with E-state index in [1.807, 2.05) is 26.4 Å². The first kappa shape index (κ1) is 11.9. The Hall–Kier alpha value is -1.55. The van der Waals surface area contributed by atoms with Gasteiger partial charge in [0.25, 0.3) is 0 Å². The van der Waals surface area contributed by atoms with Gasteiger partial charge in [-0.05, 0) is 19.1 Å². The summed E-state index contributed by atoms with van der Waals surface area (Å²) in [6.07, 6.45) is 7.81. The van der Waals surface area contributed by atoms with Crippen molar-refractivity contribution in [2.24, 2.45) is 12.8 Å². The molecule has 2 heterocycles. The molecule has 1 unspecified atom stereocenters. The molecule has 0 bridgehead atoms. The second-order valence-corrected chi connectivity index (χ2v) is 4.58. The van der Waals surface area contributed by atoms with Gasteiger partial charge < -0.3 is 14.9 Å². The Morgan fingerprint density at radius 3 is 2.88 bits per heavy atom. The molecule has 1 atom stereocenters. The second-order valence-electron chi connectivity index (χ2n) is 4.58. The van der Waals surface area contributed by atoms with Crippen LogP contribution in [0.5, 0.6) is 0 Å². The van der Waals surface area contributed by atoms with Gasteiger partial charge in [0, 0.05) is 56.8 Å². The van der Waals surface area contributed by atoms with Gasteiger partial charge in [-0.15, -0.1) is 0 Å². The van der Waals surface area contributed by atoms with E-state index >= 15 is 0 Å². The number of aromatic nitrogens is 3. The van der Waals surface area contributed by atoms with Crippen LogP contribution in [-0.2, 0) is 26.4 Å². The van der Waals surface area contributed by atoms with Crippen molar-refractivity contribution in [1.29, 1.82) is 0 Å². The molecule has 92 valence electrons. The smallest absolute Gasteiger partial charge is 0.110 e. The third-order valence-electron chi connectivity index (χ3n) is 2.95. The third kappa shape index (κ3) is 2.97. The SMILES string of the molecule is CC(N)Cc1cccn1CCc1nccn1C. The fraction of sp³-hybridized carbons (Fsp3) is 0.462. The van der Waals surface area contributed by atoms with Crippen LogP contribution in [0.2, 0.25) is 0 Å². The van der Waals surface area contributed by atoms with Crippen molar-refractivity contribution in [3.05, 3.63) is 42.2 Å². The summed E-state index contributed by atoms with van der Waals surface area (Å²) in [6, 6.07) is 4.43. The molecular weight excluding hydrogens is 212 g/mol. The topological polar surface area (TPSA) is 48.8 Å². The van der Waals surface area contributed by atoms with Gasteiger partial charge in [-0.3, -0.25) is 0 Å². The van der Waals surface area contributed by atoms with E-state index in [2.05, 4.69) is 32.4 Å². The summed E-state index contributed by atoms with van der Waals surface area (Å²) in [6.45, 7) is 3.00. The molecule has 2 N–H and O–H groups in total. The minimum Gasteiger partial charge on any atom is -0.351 e. The molecule has 0 fully saturated rings. The Balaban J connectivity index is 1.99. The van der Waals surface area contributed by atoms with Gasteiger partial charge in [-0.25, -0.2) is 4.98 Å². The largest absolute Gasteiger partial charge is 0.351 e. The number of nitrogens with two attached hydrogens (primary N) is 1. The molecule has 0 aliphatic rings. The Bertz CT molecular complexity index is 467. The molecule has 0 saturated heterocycles. The van der Waals surface area contributed by atoms with Crippen LogP contribution in [-0.4, -0.2) is 20.2 Å². The average molecular weight is 232 g/mol. The van der Waals surface area contributed by atoms with E-state index in [9.17, 15) is 0 Å². The molecule has 2 rings (SSSR count). The van der Waals surface area contributed by atoms with Gasteiger partial charge in [-0.1, -0.05) is 0 Å². The summed E-state index contributed by atoms with van der Waals surface area (Å²) in [7, 11) is 2.03. The van der Waals surface area contributed by atoms with Crippen molar-refractivity contribution in [2.45, 2.75) is 32.4 Å². The first-order valence-corrected chi connectivity index (χ1v) is 6.02. The summed E-state index contributed by atoms with van der Waals surface area (Å²) in [4.78, 5) is 4.33. The van der Waals surface area contributed by atoms with Crippen LogP contribution in [0.1, 0.15) is 18.4 Å². The normalized spacial score (nSPS) is 12.9. The highest BCUT2D eigenvalue weighted by Gasteiger charge is 2.05. The molecule has 4 heteroatoms. The number of aryl methyl sites for hydroxylation is 3. The average Bonchev–Trinajstić information content (AvgIpc) is 2.84. The zero-order valence-corrected chi connectivity index (χ0v) is 10.5. The summed E-state index contributed by atoms with van der Waals surface area (Å²) >= 11 is 0. The van der Waals surface area contributed by atoms with Crippen molar-refractivity contribution in [3.8, 4) is 0 Å². The van der Waals surface area contributed by atoms with Gasteiger partial charge in [0.2, 0.25) is 0 Å². The first-order valence-electron chi connectivity index (χ1n) is 6.02. The predicted molar refractivity (Wildman–Crippen MR) is 68.7 cm³/mol. The molecule has 2 aromatic rings. The molecule has 0 spiro atoms. The van der Waals surface area contributed by atoms with Crippen molar-refractivity contribution in [1.82, 2.24) is 14.1 Å². The molecule has 0 aliphatic heterocycles. The lowest BCUT2D eigenvalue weighted by Crippen LogP contribution is -2.20. The van der Waals surface area contributed by atoms with E-state index in [1.165, 1.54) is 5.69 Å². The molecule has 17 heavy (non-hydrogen) atoms. The number of nitrogens with zero attached hydrogens (tertiary/aromatic N) is 3. The van der Waals surface area contributed by atoms with E-state index in [1.54, 1.807) is 0 Å². The summed E-state index contributed by atoms with van der Waals surface area (Å²) in [5.74, 6) is 1.12. The van der Waals surface area contributed by atoms with Crippen LogP contribution < -0.4 is 5.73 Å². The fourth-order valence-corrected chi connectivity index (χ4v) is 2.04. The highest BCUT2D eigenvalue weighted by Crippen LogP contribution is 2.07. The maximum atomic E-state index is 5.84. The van der Waals surface area contributed by atoms with Crippen molar-refractivity contribution in [3.63, 3.8) is 0 Å². The monoisotopic (exact) mass is 232 g/mol. The van der Waals surface area contributed by atoms with E-state index in [0.29, 0.717) is 0 Å². The van der Waals surface area contributed by atoms with Crippen LogP contribution >= 0.6 is 0 Å². The lowest BCUT2D eigenvalue weighted by molar-refractivity contribution is 0.606. The van der Waals surface area contributed by atoms with E-state index < -0.39 is 0 Å². The number of hydrogen-bond acceptors (Lipinski definition) is 2. The quantitative estimate of drug-likeness (QED) is 0.846. The summed E-state index contributed by atoms with van der Waals surface area (Å²) in [5, 5.41) is 0.